The lowest BCUT2D eigenvalue weighted by molar-refractivity contribution is 0.207. The van der Waals surface area contributed by atoms with Gasteiger partial charge < -0.3 is 0 Å². The standard InChI is InChI=1S/C14H16ClNS/c1-10(2)11-7-14(8-11,9-16)17-13-5-3-12(15)4-6-13/h3-6,10-11H,7-8H2,1-2H3. The molecule has 0 atom stereocenters. The van der Waals surface area contributed by atoms with Gasteiger partial charge in [-0.3, -0.25) is 0 Å². The molecule has 0 spiro atoms. The lowest BCUT2D eigenvalue weighted by Crippen LogP contribution is -2.41. The molecule has 0 aromatic heterocycles. The zero-order chi connectivity index (χ0) is 12.5. The molecule has 1 nitrogen and oxygen atoms in total. The van der Waals surface area contributed by atoms with Gasteiger partial charge in [0, 0.05) is 9.92 Å². The number of thioether (sulfide) groups is 1. The van der Waals surface area contributed by atoms with E-state index in [-0.39, 0.29) is 4.75 Å². The zero-order valence-electron chi connectivity index (χ0n) is 10.1. The monoisotopic (exact) mass is 265 g/mol. The van der Waals surface area contributed by atoms with Crippen molar-refractivity contribution in [2.75, 3.05) is 0 Å². The lowest BCUT2D eigenvalue weighted by atomic mass is 9.69. The summed E-state index contributed by atoms with van der Waals surface area (Å²) in [6.07, 6.45) is 2.02. The minimum atomic E-state index is -0.206. The molecule has 3 heteroatoms. The van der Waals surface area contributed by atoms with E-state index in [1.54, 1.807) is 11.8 Å². The Labute approximate surface area is 112 Å². The van der Waals surface area contributed by atoms with E-state index in [2.05, 4.69) is 19.9 Å². The van der Waals surface area contributed by atoms with Gasteiger partial charge in [0.25, 0.3) is 0 Å². The Morgan fingerprint density at radius 1 is 1.35 bits per heavy atom. The molecule has 0 aliphatic heterocycles. The Morgan fingerprint density at radius 2 is 1.94 bits per heavy atom. The second-order valence-electron chi connectivity index (χ2n) is 5.07. The van der Waals surface area contributed by atoms with Crippen molar-refractivity contribution < 1.29 is 0 Å². The summed E-state index contributed by atoms with van der Waals surface area (Å²) in [7, 11) is 0. The summed E-state index contributed by atoms with van der Waals surface area (Å²) in [6.45, 7) is 4.47. The maximum Gasteiger partial charge on any atom is 0.108 e. The van der Waals surface area contributed by atoms with Crippen LogP contribution in [0.5, 0.6) is 0 Å². The Hall–Kier alpha value is -0.650. The van der Waals surface area contributed by atoms with Crippen molar-refractivity contribution in [2.45, 2.75) is 36.3 Å². The Balaban J connectivity index is 2.03. The third kappa shape index (κ3) is 2.78. The number of benzene rings is 1. The Morgan fingerprint density at radius 3 is 2.41 bits per heavy atom. The minimum Gasteiger partial charge on any atom is -0.197 e. The SMILES string of the molecule is CC(C)C1CC(C#N)(Sc2ccc(Cl)cc2)C1. The number of nitriles is 1. The van der Waals surface area contributed by atoms with Gasteiger partial charge in [0.05, 0.1) is 6.07 Å². The maximum atomic E-state index is 9.36. The highest BCUT2D eigenvalue weighted by atomic mass is 35.5. The highest BCUT2D eigenvalue weighted by Crippen LogP contribution is 2.52. The quantitative estimate of drug-likeness (QED) is 0.787. The van der Waals surface area contributed by atoms with E-state index >= 15 is 0 Å². The zero-order valence-corrected chi connectivity index (χ0v) is 11.7. The van der Waals surface area contributed by atoms with Crippen molar-refractivity contribution in [1.82, 2.24) is 0 Å². The van der Waals surface area contributed by atoms with Gasteiger partial charge in [0.2, 0.25) is 0 Å². The van der Waals surface area contributed by atoms with E-state index in [0.29, 0.717) is 11.8 Å². The summed E-state index contributed by atoms with van der Waals surface area (Å²) in [5.74, 6) is 1.39. The van der Waals surface area contributed by atoms with Gasteiger partial charge in [-0.2, -0.15) is 5.26 Å². The normalized spacial score (nSPS) is 27.6. The largest absolute Gasteiger partial charge is 0.197 e. The van der Waals surface area contributed by atoms with Crippen LogP contribution in [0.4, 0.5) is 0 Å². The molecule has 0 bridgehead atoms. The first kappa shape index (κ1) is 12.8. The molecule has 1 aromatic carbocycles. The average molecular weight is 266 g/mol. The number of rotatable bonds is 3. The third-order valence-electron chi connectivity index (χ3n) is 3.46. The lowest BCUT2D eigenvalue weighted by Gasteiger charge is -2.44. The van der Waals surface area contributed by atoms with Gasteiger partial charge in [0.15, 0.2) is 0 Å². The predicted molar refractivity (Wildman–Crippen MR) is 73.2 cm³/mol. The number of halogens is 1. The van der Waals surface area contributed by atoms with Crippen LogP contribution in [0.25, 0.3) is 0 Å². The molecule has 0 radical (unpaired) electrons. The van der Waals surface area contributed by atoms with E-state index in [9.17, 15) is 5.26 Å². The van der Waals surface area contributed by atoms with Crippen LogP contribution in [-0.2, 0) is 0 Å². The summed E-state index contributed by atoms with van der Waals surface area (Å²) in [5.41, 5.74) is 0. The summed E-state index contributed by atoms with van der Waals surface area (Å²) >= 11 is 7.54. The molecule has 2 rings (SSSR count). The summed E-state index contributed by atoms with van der Waals surface area (Å²) in [5, 5.41) is 10.1. The predicted octanol–water partition coefficient (Wildman–Crippen LogP) is 4.76. The molecule has 1 aliphatic rings. The third-order valence-corrected chi connectivity index (χ3v) is 5.03. The highest BCUT2D eigenvalue weighted by Gasteiger charge is 2.46. The molecule has 90 valence electrons. The highest BCUT2D eigenvalue weighted by molar-refractivity contribution is 8.01. The van der Waals surface area contributed by atoms with E-state index in [1.807, 2.05) is 24.3 Å². The van der Waals surface area contributed by atoms with Crippen LogP contribution >= 0.6 is 23.4 Å². The molecule has 1 aliphatic carbocycles. The van der Waals surface area contributed by atoms with Gasteiger partial charge in [-0.1, -0.05) is 25.4 Å². The van der Waals surface area contributed by atoms with Crippen LogP contribution in [0.1, 0.15) is 26.7 Å². The minimum absolute atomic E-state index is 0.206. The molecular formula is C14H16ClNS. The fourth-order valence-corrected chi connectivity index (χ4v) is 3.67. The molecule has 1 saturated carbocycles. The van der Waals surface area contributed by atoms with E-state index in [4.69, 9.17) is 11.6 Å². The van der Waals surface area contributed by atoms with Gasteiger partial charge in [-0.15, -0.1) is 11.8 Å². The second kappa shape index (κ2) is 4.92. The van der Waals surface area contributed by atoms with Crippen LogP contribution < -0.4 is 0 Å². The van der Waals surface area contributed by atoms with Crippen LogP contribution in [0.3, 0.4) is 0 Å². The summed E-state index contributed by atoms with van der Waals surface area (Å²) in [6, 6.07) is 10.2. The maximum absolute atomic E-state index is 9.36. The number of hydrogen-bond acceptors (Lipinski definition) is 2. The molecule has 0 saturated heterocycles. The smallest absolute Gasteiger partial charge is 0.108 e. The molecule has 0 N–H and O–H groups in total. The molecule has 1 fully saturated rings. The van der Waals surface area contributed by atoms with Gasteiger partial charge in [-0.05, 0) is 48.9 Å². The number of hydrogen-bond donors (Lipinski definition) is 0. The van der Waals surface area contributed by atoms with Gasteiger partial charge in [-0.25, -0.2) is 0 Å². The molecule has 0 amide bonds. The first-order valence-electron chi connectivity index (χ1n) is 5.90. The summed E-state index contributed by atoms with van der Waals surface area (Å²) in [4.78, 5) is 1.14. The summed E-state index contributed by atoms with van der Waals surface area (Å²) < 4.78 is -0.206. The van der Waals surface area contributed by atoms with Crippen LogP contribution in [-0.4, -0.2) is 4.75 Å². The fraction of sp³-hybridized carbons (Fsp3) is 0.500. The molecule has 1 aromatic rings. The average Bonchev–Trinajstić information content (AvgIpc) is 2.25. The second-order valence-corrected chi connectivity index (χ2v) is 6.97. The van der Waals surface area contributed by atoms with Crippen molar-refractivity contribution >= 4 is 23.4 Å². The van der Waals surface area contributed by atoms with Crippen molar-refractivity contribution in [1.29, 1.82) is 5.26 Å². The van der Waals surface area contributed by atoms with Crippen LogP contribution in [0.15, 0.2) is 29.2 Å². The van der Waals surface area contributed by atoms with Gasteiger partial charge >= 0.3 is 0 Å². The van der Waals surface area contributed by atoms with Crippen LogP contribution in [0, 0.1) is 23.2 Å². The first-order chi connectivity index (χ1) is 8.04. The Kier molecular flexibility index (Phi) is 3.70. The van der Waals surface area contributed by atoms with Crippen molar-refractivity contribution in [3.8, 4) is 6.07 Å². The number of nitrogens with zero attached hydrogens (tertiary/aromatic N) is 1. The van der Waals surface area contributed by atoms with Crippen LogP contribution in [0.2, 0.25) is 5.02 Å². The molecule has 0 heterocycles. The van der Waals surface area contributed by atoms with Gasteiger partial charge in [0.1, 0.15) is 4.75 Å². The molecule has 17 heavy (non-hydrogen) atoms. The van der Waals surface area contributed by atoms with Crippen molar-refractivity contribution in [3.05, 3.63) is 29.3 Å². The van der Waals surface area contributed by atoms with Crippen molar-refractivity contribution in [2.24, 2.45) is 11.8 Å². The first-order valence-corrected chi connectivity index (χ1v) is 7.10. The fourth-order valence-electron chi connectivity index (χ4n) is 2.18. The molecule has 0 unspecified atom stereocenters. The van der Waals surface area contributed by atoms with E-state index in [1.165, 1.54) is 0 Å². The van der Waals surface area contributed by atoms with E-state index < -0.39 is 0 Å². The topological polar surface area (TPSA) is 23.8 Å². The van der Waals surface area contributed by atoms with Crippen molar-refractivity contribution in [3.63, 3.8) is 0 Å². The van der Waals surface area contributed by atoms with E-state index in [0.717, 1.165) is 22.8 Å². The molecular weight excluding hydrogens is 250 g/mol. The Bertz CT molecular complexity index is 427.